The lowest BCUT2D eigenvalue weighted by Crippen LogP contribution is -2.38. The van der Waals surface area contributed by atoms with E-state index in [1.54, 1.807) is 0 Å². The molecule has 0 aromatic heterocycles. The van der Waals surface area contributed by atoms with Crippen molar-refractivity contribution in [3.63, 3.8) is 0 Å². The average Bonchev–Trinajstić information content (AvgIpc) is 2.39. The summed E-state index contributed by atoms with van der Waals surface area (Å²) in [5.74, 6) is 6.66. The van der Waals surface area contributed by atoms with Gasteiger partial charge in [0.2, 0.25) is 0 Å². The molecule has 0 aromatic rings. The van der Waals surface area contributed by atoms with Crippen molar-refractivity contribution in [2.45, 2.75) is 70.8 Å². The van der Waals surface area contributed by atoms with Crippen LogP contribution in [0.5, 0.6) is 0 Å². The van der Waals surface area contributed by atoms with Crippen LogP contribution in [0.25, 0.3) is 0 Å². The fraction of sp³-hybridized carbons (Fsp3) is 0.857. The minimum atomic E-state index is 0.224. The summed E-state index contributed by atoms with van der Waals surface area (Å²) in [6, 6.07) is 0.224. The zero-order valence-electron chi connectivity index (χ0n) is 11.2. The number of unbranched alkanes of at least 4 members (excludes halogenated alkanes) is 5. The largest absolute Gasteiger partial charge is 0.497 e. The first-order valence-electron chi connectivity index (χ1n) is 7.17. The first kappa shape index (κ1) is 14.5. The average molecular weight is 240 g/mol. The highest BCUT2D eigenvalue weighted by molar-refractivity contribution is 5.04. The molecule has 0 fully saturated rings. The van der Waals surface area contributed by atoms with E-state index in [2.05, 4.69) is 18.4 Å². The molecule has 3 N–H and O–H groups in total. The maximum Gasteiger partial charge on any atom is 0.110 e. The molecule has 0 aromatic carbocycles. The smallest absolute Gasteiger partial charge is 0.110 e. The lowest BCUT2D eigenvalue weighted by Gasteiger charge is -2.23. The number of nitrogens with two attached hydrogens (primary N) is 1. The van der Waals surface area contributed by atoms with Gasteiger partial charge in [0.15, 0.2) is 0 Å². The van der Waals surface area contributed by atoms with Crippen LogP contribution in [0.4, 0.5) is 0 Å². The molecule has 0 aliphatic carbocycles. The molecule has 0 radical (unpaired) electrons. The molecule has 0 amide bonds. The first-order valence-corrected chi connectivity index (χ1v) is 7.17. The van der Waals surface area contributed by atoms with Gasteiger partial charge in [-0.15, -0.1) is 0 Å². The van der Waals surface area contributed by atoms with Gasteiger partial charge < -0.3 is 4.74 Å². The number of allylic oxidation sites excluding steroid dienone is 1. The molecule has 0 saturated carbocycles. The summed E-state index contributed by atoms with van der Waals surface area (Å²) in [7, 11) is 0. The number of hydrazine groups is 1. The van der Waals surface area contributed by atoms with Crippen molar-refractivity contribution in [3.8, 4) is 0 Å². The second-order valence-corrected chi connectivity index (χ2v) is 4.87. The number of hydrogen-bond acceptors (Lipinski definition) is 3. The molecule has 100 valence electrons. The predicted molar refractivity (Wildman–Crippen MR) is 72.4 cm³/mol. The van der Waals surface area contributed by atoms with Gasteiger partial charge in [-0.1, -0.05) is 45.4 Å². The van der Waals surface area contributed by atoms with E-state index >= 15 is 0 Å². The normalized spacial score (nSPS) is 17.4. The predicted octanol–water partition coefficient (Wildman–Crippen LogP) is 3.26. The maximum atomic E-state index is 5.65. The lowest BCUT2D eigenvalue weighted by atomic mass is 10.0. The monoisotopic (exact) mass is 240 g/mol. The van der Waals surface area contributed by atoms with Gasteiger partial charge in [-0.3, -0.25) is 5.84 Å². The van der Waals surface area contributed by atoms with Gasteiger partial charge in [0.05, 0.1) is 12.6 Å². The molecule has 1 aliphatic heterocycles. The molecule has 1 aliphatic rings. The fourth-order valence-electron chi connectivity index (χ4n) is 2.26. The van der Waals surface area contributed by atoms with E-state index in [1.165, 1.54) is 38.5 Å². The van der Waals surface area contributed by atoms with Crippen molar-refractivity contribution in [2.24, 2.45) is 5.84 Å². The van der Waals surface area contributed by atoms with Crippen molar-refractivity contribution in [2.75, 3.05) is 6.61 Å². The first-order chi connectivity index (χ1) is 8.38. The van der Waals surface area contributed by atoms with Gasteiger partial charge in [-0.25, -0.2) is 5.43 Å². The van der Waals surface area contributed by atoms with E-state index in [4.69, 9.17) is 10.6 Å². The molecule has 1 unspecified atom stereocenters. The maximum absolute atomic E-state index is 5.65. The van der Waals surface area contributed by atoms with Gasteiger partial charge in [0, 0.05) is 0 Å². The van der Waals surface area contributed by atoms with Crippen LogP contribution in [0.3, 0.4) is 0 Å². The second kappa shape index (κ2) is 9.49. The summed E-state index contributed by atoms with van der Waals surface area (Å²) in [5, 5.41) is 0. The van der Waals surface area contributed by atoms with Crippen LogP contribution in [0, 0.1) is 0 Å². The van der Waals surface area contributed by atoms with E-state index in [0.717, 1.165) is 31.6 Å². The third kappa shape index (κ3) is 6.08. The number of hydrogen-bond donors (Lipinski definition) is 2. The van der Waals surface area contributed by atoms with Crippen LogP contribution in [-0.2, 0) is 4.74 Å². The topological polar surface area (TPSA) is 47.3 Å². The van der Waals surface area contributed by atoms with Crippen LogP contribution >= 0.6 is 0 Å². The molecule has 0 spiro atoms. The summed E-state index contributed by atoms with van der Waals surface area (Å²) >= 11 is 0. The Morgan fingerprint density at radius 2 is 2.06 bits per heavy atom. The number of rotatable bonds is 9. The Balaban J connectivity index is 2.12. The molecular formula is C14H28N2O. The molecule has 3 nitrogen and oxygen atoms in total. The molecule has 0 bridgehead atoms. The van der Waals surface area contributed by atoms with E-state index in [0.29, 0.717) is 0 Å². The second-order valence-electron chi connectivity index (χ2n) is 4.87. The number of ether oxygens (including phenoxy) is 1. The Morgan fingerprint density at radius 1 is 1.29 bits per heavy atom. The van der Waals surface area contributed by atoms with Crippen LogP contribution in [0.15, 0.2) is 11.8 Å². The third-order valence-electron chi connectivity index (χ3n) is 3.35. The molecule has 1 atom stereocenters. The summed E-state index contributed by atoms with van der Waals surface area (Å²) in [6.45, 7) is 3.10. The molecule has 3 heteroatoms. The van der Waals surface area contributed by atoms with Gasteiger partial charge in [-0.05, 0) is 25.3 Å². The van der Waals surface area contributed by atoms with Gasteiger partial charge in [0.25, 0.3) is 0 Å². The van der Waals surface area contributed by atoms with Crippen LogP contribution in [0.1, 0.15) is 64.7 Å². The summed E-state index contributed by atoms with van der Waals surface area (Å²) in [6.07, 6.45) is 13.5. The molecule has 0 saturated heterocycles. The standard InChI is InChI=1S/C14H28N2O/c1-2-3-4-5-6-7-10-13(16-15)14-11-8-9-12-17-14/h11,13,16H,2-10,12,15H2,1H3. The van der Waals surface area contributed by atoms with Crippen LogP contribution < -0.4 is 11.3 Å². The minimum Gasteiger partial charge on any atom is -0.497 e. The van der Waals surface area contributed by atoms with E-state index in [1.807, 2.05) is 0 Å². The highest BCUT2D eigenvalue weighted by Crippen LogP contribution is 2.18. The summed E-state index contributed by atoms with van der Waals surface area (Å²) in [5.41, 5.74) is 2.88. The van der Waals surface area contributed by atoms with E-state index < -0.39 is 0 Å². The van der Waals surface area contributed by atoms with Crippen molar-refractivity contribution in [3.05, 3.63) is 11.8 Å². The van der Waals surface area contributed by atoms with Gasteiger partial charge >= 0.3 is 0 Å². The van der Waals surface area contributed by atoms with Crippen molar-refractivity contribution < 1.29 is 4.74 Å². The van der Waals surface area contributed by atoms with E-state index in [-0.39, 0.29) is 6.04 Å². The summed E-state index contributed by atoms with van der Waals surface area (Å²) in [4.78, 5) is 0. The Hall–Kier alpha value is -0.540. The quantitative estimate of drug-likeness (QED) is 0.369. The fourth-order valence-corrected chi connectivity index (χ4v) is 2.26. The Labute approximate surface area is 106 Å². The zero-order valence-corrected chi connectivity index (χ0v) is 11.2. The van der Waals surface area contributed by atoms with Crippen molar-refractivity contribution in [1.29, 1.82) is 0 Å². The number of nitrogens with one attached hydrogen (secondary N) is 1. The molecule has 1 rings (SSSR count). The lowest BCUT2D eigenvalue weighted by molar-refractivity contribution is 0.164. The Bertz CT molecular complexity index is 216. The Kier molecular flexibility index (Phi) is 8.10. The zero-order chi connectivity index (χ0) is 12.3. The molecular weight excluding hydrogens is 212 g/mol. The van der Waals surface area contributed by atoms with Gasteiger partial charge in [-0.2, -0.15) is 0 Å². The summed E-state index contributed by atoms with van der Waals surface area (Å²) < 4.78 is 5.65. The highest BCUT2D eigenvalue weighted by Gasteiger charge is 2.15. The minimum absolute atomic E-state index is 0.224. The van der Waals surface area contributed by atoms with Gasteiger partial charge in [0.1, 0.15) is 5.76 Å². The van der Waals surface area contributed by atoms with Crippen molar-refractivity contribution >= 4 is 0 Å². The third-order valence-corrected chi connectivity index (χ3v) is 3.35. The highest BCUT2D eigenvalue weighted by atomic mass is 16.5. The van der Waals surface area contributed by atoms with Crippen molar-refractivity contribution in [1.82, 2.24) is 5.43 Å². The van der Waals surface area contributed by atoms with Crippen LogP contribution in [-0.4, -0.2) is 12.6 Å². The Morgan fingerprint density at radius 3 is 2.71 bits per heavy atom. The molecule has 17 heavy (non-hydrogen) atoms. The van der Waals surface area contributed by atoms with E-state index in [9.17, 15) is 0 Å². The SMILES string of the molecule is CCCCCCCCC(NN)C1=CCCCO1. The molecule has 1 heterocycles. The van der Waals surface area contributed by atoms with Crippen LogP contribution in [0.2, 0.25) is 0 Å².